The van der Waals surface area contributed by atoms with Crippen LogP contribution in [0.3, 0.4) is 0 Å². The van der Waals surface area contributed by atoms with Crippen molar-refractivity contribution in [2.45, 2.75) is 38.9 Å². The van der Waals surface area contributed by atoms with Gasteiger partial charge >= 0.3 is 7.12 Å². The molecular formula is C14H16BClFNO2. The molecule has 0 saturated carbocycles. The van der Waals surface area contributed by atoms with E-state index >= 15 is 0 Å². The zero-order valence-corrected chi connectivity index (χ0v) is 12.6. The Hall–Kier alpha value is -1.04. The highest BCUT2D eigenvalue weighted by Gasteiger charge is 2.52. The average molecular weight is 296 g/mol. The van der Waals surface area contributed by atoms with E-state index in [1.807, 2.05) is 27.7 Å². The molecule has 3 rings (SSSR count). The van der Waals surface area contributed by atoms with Gasteiger partial charge < -0.3 is 14.3 Å². The third kappa shape index (κ3) is 1.88. The van der Waals surface area contributed by atoms with Crippen LogP contribution in [0.5, 0.6) is 0 Å². The van der Waals surface area contributed by atoms with E-state index in [0.29, 0.717) is 10.9 Å². The van der Waals surface area contributed by atoms with Gasteiger partial charge in [0.25, 0.3) is 0 Å². The lowest BCUT2D eigenvalue weighted by Crippen LogP contribution is -2.41. The molecule has 3 nitrogen and oxygen atoms in total. The minimum absolute atomic E-state index is 0.0711. The minimum atomic E-state index is -0.570. The van der Waals surface area contributed by atoms with Gasteiger partial charge in [-0.1, -0.05) is 11.6 Å². The molecule has 1 aliphatic rings. The van der Waals surface area contributed by atoms with Gasteiger partial charge in [0.05, 0.1) is 16.2 Å². The Labute approximate surface area is 122 Å². The molecule has 106 valence electrons. The van der Waals surface area contributed by atoms with Crippen LogP contribution in [-0.4, -0.2) is 23.3 Å². The Bertz CT molecular complexity index is 667. The SMILES string of the molecule is CC1(C)OB(c2cc(Cl)c(F)c3cc[nH]c23)OC1(C)C. The number of rotatable bonds is 1. The first-order valence-corrected chi connectivity index (χ1v) is 6.91. The maximum absolute atomic E-state index is 14.0. The number of fused-ring (bicyclic) bond motifs is 1. The molecule has 2 aromatic rings. The highest BCUT2D eigenvalue weighted by atomic mass is 35.5. The smallest absolute Gasteiger partial charge is 0.399 e. The Morgan fingerprint density at radius 1 is 1.20 bits per heavy atom. The second-order valence-electron chi connectivity index (χ2n) is 6.12. The zero-order chi connectivity index (χ0) is 14.7. The summed E-state index contributed by atoms with van der Waals surface area (Å²) in [5, 5.41) is 0.518. The van der Waals surface area contributed by atoms with E-state index in [4.69, 9.17) is 20.9 Å². The lowest BCUT2D eigenvalue weighted by atomic mass is 9.78. The summed E-state index contributed by atoms with van der Waals surface area (Å²) >= 11 is 5.97. The average Bonchev–Trinajstić information content (AvgIpc) is 2.88. The Morgan fingerprint density at radius 2 is 1.80 bits per heavy atom. The molecule has 1 saturated heterocycles. The van der Waals surface area contributed by atoms with Crippen molar-refractivity contribution in [3.05, 3.63) is 29.2 Å². The first kappa shape index (κ1) is 13.9. The molecule has 0 amide bonds. The molecule has 0 unspecified atom stereocenters. The number of aromatic nitrogens is 1. The summed E-state index contributed by atoms with van der Waals surface area (Å²) in [6.45, 7) is 7.90. The minimum Gasteiger partial charge on any atom is -0.399 e. The summed E-state index contributed by atoms with van der Waals surface area (Å²) in [6, 6.07) is 3.23. The lowest BCUT2D eigenvalue weighted by molar-refractivity contribution is 0.00578. The molecule has 0 atom stereocenters. The van der Waals surface area contributed by atoms with Crippen LogP contribution in [0.25, 0.3) is 10.9 Å². The molecule has 0 bridgehead atoms. The Kier molecular flexibility index (Phi) is 2.94. The molecule has 0 aliphatic carbocycles. The number of hydrogen-bond acceptors (Lipinski definition) is 2. The first-order valence-electron chi connectivity index (χ1n) is 6.53. The van der Waals surface area contributed by atoms with E-state index in [1.54, 1.807) is 18.3 Å². The van der Waals surface area contributed by atoms with Crippen molar-refractivity contribution in [2.24, 2.45) is 0 Å². The van der Waals surface area contributed by atoms with E-state index in [2.05, 4.69) is 4.98 Å². The van der Waals surface area contributed by atoms with Crippen LogP contribution in [0.1, 0.15) is 27.7 Å². The van der Waals surface area contributed by atoms with Crippen LogP contribution in [0.2, 0.25) is 5.02 Å². The fourth-order valence-corrected chi connectivity index (χ4v) is 2.57. The number of hydrogen-bond donors (Lipinski definition) is 1. The maximum atomic E-state index is 14.0. The molecule has 0 spiro atoms. The Balaban J connectivity index is 2.13. The van der Waals surface area contributed by atoms with Crippen molar-refractivity contribution in [3.63, 3.8) is 0 Å². The monoisotopic (exact) mass is 295 g/mol. The van der Waals surface area contributed by atoms with E-state index < -0.39 is 24.1 Å². The molecule has 20 heavy (non-hydrogen) atoms. The molecule has 6 heteroatoms. The summed E-state index contributed by atoms with van der Waals surface area (Å²) in [5.41, 5.74) is 0.481. The van der Waals surface area contributed by atoms with Gasteiger partial charge in [0.2, 0.25) is 0 Å². The molecule has 1 aromatic heterocycles. The predicted molar refractivity (Wildman–Crippen MR) is 79.0 cm³/mol. The summed E-state index contributed by atoms with van der Waals surface area (Å²) in [7, 11) is -0.570. The summed E-state index contributed by atoms with van der Waals surface area (Å²) in [5.74, 6) is -0.428. The van der Waals surface area contributed by atoms with Crippen LogP contribution in [0, 0.1) is 5.82 Å². The van der Waals surface area contributed by atoms with Crippen molar-refractivity contribution in [1.29, 1.82) is 0 Å². The fraction of sp³-hybridized carbons (Fsp3) is 0.429. The van der Waals surface area contributed by atoms with Crippen molar-refractivity contribution in [3.8, 4) is 0 Å². The van der Waals surface area contributed by atoms with E-state index in [1.165, 1.54) is 0 Å². The largest absolute Gasteiger partial charge is 0.497 e. The Morgan fingerprint density at radius 3 is 2.40 bits per heavy atom. The predicted octanol–water partition coefficient (Wildman–Crippen LogP) is 3.26. The second-order valence-corrected chi connectivity index (χ2v) is 6.52. The van der Waals surface area contributed by atoms with Crippen LogP contribution < -0.4 is 5.46 Å². The number of halogens is 2. The highest BCUT2D eigenvalue weighted by Crippen LogP contribution is 2.37. The summed E-state index contributed by atoms with van der Waals surface area (Å²) in [6.07, 6.45) is 1.68. The van der Waals surface area contributed by atoms with Gasteiger partial charge in [-0.3, -0.25) is 0 Å². The molecule has 1 aliphatic heterocycles. The van der Waals surface area contributed by atoms with Crippen molar-refractivity contribution in [2.75, 3.05) is 0 Å². The maximum Gasteiger partial charge on any atom is 0.497 e. The van der Waals surface area contributed by atoms with Gasteiger partial charge in [-0.25, -0.2) is 4.39 Å². The fourth-order valence-electron chi connectivity index (χ4n) is 2.35. The van der Waals surface area contributed by atoms with Gasteiger partial charge in [-0.2, -0.15) is 0 Å². The zero-order valence-electron chi connectivity index (χ0n) is 11.9. The van der Waals surface area contributed by atoms with Gasteiger partial charge in [-0.05, 0) is 39.8 Å². The van der Waals surface area contributed by atoms with Crippen LogP contribution in [0.4, 0.5) is 4.39 Å². The summed E-state index contributed by atoms with van der Waals surface area (Å²) in [4.78, 5) is 3.03. The van der Waals surface area contributed by atoms with E-state index in [0.717, 1.165) is 5.46 Å². The van der Waals surface area contributed by atoms with Crippen molar-refractivity contribution < 1.29 is 13.7 Å². The van der Waals surface area contributed by atoms with Crippen LogP contribution in [-0.2, 0) is 9.31 Å². The standard InChI is InChI=1S/C14H16BClFNO2/c1-13(2)14(3,4)20-15(19-13)9-7-10(16)11(17)8-5-6-18-12(8)9/h5-7,18H,1-4H3. The topological polar surface area (TPSA) is 34.2 Å². The quantitative estimate of drug-likeness (QED) is 0.819. The molecule has 2 heterocycles. The molecular weight excluding hydrogens is 279 g/mol. The lowest BCUT2D eigenvalue weighted by Gasteiger charge is -2.32. The van der Waals surface area contributed by atoms with Crippen LogP contribution in [0.15, 0.2) is 18.3 Å². The summed E-state index contributed by atoms with van der Waals surface area (Å²) < 4.78 is 26.0. The van der Waals surface area contributed by atoms with Gasteiger partial charge in [0.1, 0.15) is 0 Å². The van der Waals surface area contributed by atoms with Gasteiger partial charge in [-0.15, -0.1) is 0 Å². The van der Waals surface area contributed by atoms with Gasteiger partial charge in [0, 0.05) is 22.6 Å². The van der Waals surface area contributed by atoms with Crippen LogP contribution >= 0.6 is 11.6 Å². The molecule has 0 radical (unpaired) electrons. The van der Waals surface area contributed by atoms with Crippen molar-refractivity contribution in [1.82, 2.24) is 4.98 Å². The normalized spacial score (nSPS) is 20.8. The van der Waals surface area contributed by atoms with Gasteiger partial charge in [0.15, 0.2) is 5.82 Å². The molecule has 1 fully saturated rings. The third-order valence-electron chi connectivity index (χ3n) is 4.27. The number of nitrogens with one attached hydrogen (secondary N) is 1. The van der Waals surface area contributed by atoms with E-state index in [-0.39, 0.29) is 5.02 Å². The number of aromatic amines is 1. The molecule has 1 aromatic carbocycles. The molecule has 1 N–H and O–H groups in total. The second kappa shape index (κ2) is 4.23. The van der Waals surface area contributed by atoms with Crippen molar-refractivity contribution >= 4 is 35.1 Å². The third-order valence-corrected chi connectivity index (χ3v) is 4.55. The van der Waals surface area contributed by atoms with E-state index in [9.17, 15) is 4.39 Å². The number of benzene rings is 1. The highest BCUT2D eigenvalue weighted by molar-refractivity contribution is 6.65. The first-order chi connectivity index (χ1) is 9.23. The number of H-pyrrole nitrogens is 1.